The molecule has 0 saturated carbocycles. The van der Waals surface area contributed by atoms with E-state index in [4.69, 9.17) is 27.9 Å². The summed E-state index contributed by atoms with van der Waals surface area (Å²) in [5.74, 6) is -0.118. The molecule has 3 rings (SSSR count). The Labute approximate surface area is 138 Å². The van der Waals surface area contributed by atoms with Gasteiger partial charge in [0, 0.05) is 35.0 Å². The summed E-state index contributed by atoms with van der Waals surface area (Å²) in [5, 5.41) is 8.10. The van der Waals surface area contributed by atoms with Crippen molar-refractivity contribution in [2.75, 3.05) is 20.3 Å². The van der Waals surface area contributed by atoms with Gasteiger partial charge in [0.2, 0.25) is 0 Å². The fourth-order valence-electron chi connectivity index (χ4n) is 2.81. The van der Waals surface area contributed by atoms with E-state index in [1.54, 1.807) is 24.1 Å². The van der Waals surface area contributed by atoms with Crippen molar-refractivity contribution < 1.29 is 9.53 Å². The summed E-state index contributed by atoms with van der Waals surface area (Å²) >= 11 is 12.3. The van der Waals surface area contributed by atoms with E-state index in [2.05, 4.69) is 10.2 Å². The fourth-order valence-corrected chi connectivity index (χ4v) is 3.32. The fraction of sp³-hybridized carbons (Fsp3) is 0.333. The number of aryl methyl sites for hydroxylation is 1. The molecular weight excluding hydrogens is 325 g/mol. The number of aromatic nitrogens is 2. The van der Waals surface area contributed by atoms with Crippen LogP contribution in [0, 0.1) is 6.92 Å². The van der Waals surface area contributed by atoms with Gasteiger partial charge in [-0.15, -0.1) is 0 Å². The van der Waals surface area contributed by atoms with Crippen molar-refractivity contribution in [3.63, 3.8) is 0 Å². The Morgan fingerprint density at radius 3 is 2.86 bits per heavy atom. The molecule has 0 bridgehead atoms. The van der Waals surface area contributed by atoms with Gasteiger partial charge in [0.1, 0.15) is 0 Å². The minimum atomic E-state index is -0.277. The van der Waals surface area contributed by atoms with Gasteiger partial charge in [0.15, 0.2) is 5.69 Å². The quantitative estimate of drug-likeness (QED) is 0.930. The summed E-state index contributed by atoms with van der Waals surface area (Å²) in [6, 6.07) is 5.03. The Hall–Kier alpha value is -1.56. The molecule has 0 aliphatic carbocycles. The zero-order valence-corrected chi connectivity index (χ0v) is 13.7. The zero-order valence-electron chi connectivity index (χ0n) is 12.2. The van der Waals surface area contributed by atoms with Crippen LogP contribution in [0.3, 0.4) is 0 Å². The summed E-state index contributed by atoms with van der Waals surface area (Å²) in [7, 11) is 1.61. The number of carbonyl (C=O) groups excluding carboxylic acids is 1. The van der Waals surface area contributed by atoms with E-state index in [0.29, 0.717) is 28.9 Å². The highest BCUT2D eigenvalue weighted by molar-refractivity contribution is 6.35. The maximum atomic E-state index is 12.6. The number of nitrogens with zero attached hydrogens (tertiary/aromatic N) is 2. The zero-order chi connectivity index (χ0) is 15.9. The van der Waals surface area contributed by atoms with E-state index < -0.39 is 0 Å². The molecule has 2 aromatic rings. The number of ether oxygens (including phenoxy) is 1. The number of amides is 1. The van der Waals surface area contributed by atoms with Gasteiger partial charge >= 0.3 is 0 Å². The second-order valence-corrected chi connectivity index (χ2v) is 6.01. The molecule has 1 atom stereocenters. The molecule has 22 heavy (non-hydrogen) atoms. The van der Waals surface area contributed by atoms with Gasteiger partial charge in [-0.2, -0.15) is 5.10 Å². The second kappa shape index (κ2) is 5.91. The van der Waals surface area contributed by atoms with E-state index in [1.165, 1.54) is 0 Å². The number of fused-ring (bicyclic) bond motifs is 1. The molecule has 1 aromatic carbocycles. The lowest BCUT2D eigenvalue weighted by Gasteiger charge is -2.26. The molecule has 0 fully saturated rings. The molecule has 1 amide bonds. The Balaban J connectivity index is 2.11. The number of methoxy groups -OCH3 is 1. The molecule has 1 aliphatic heterocycles. The van der Waals surface area contributed by atoms with E-state index in [1.807, 2.05) is 13.0 Å². The number of H-pyrrole nitrogens is 1. The molecule has 0 radical (unpaired) electrons. The van der Waals surface area contributed by atoms with Gasteiger partial charge in [0.05, 0.1) is 12.6 Å². The monoisotopic (exact) mass is 339 g/mol. The molecule has 7 heteroatoms. The van der Waals surface area contributed by atoms with Crippen molar-refractivity contribution in [3.8, 4) is 0 Å². The number of carbonyl (C=O) groups is 1. The minimum absolute atomic E-state index is 0.118. The molecule has 1 aliphatic rings. The van der Waals surface area contributed by atoms with Gasteiger partial charge in [-0.1, -0.05) is 29.3 Å². The van der Waals surface area contributed by atoms with Gasteiger partial charge in [0.25, 0.3) is 5.91 Å². The van der Waals surface area contributed by atoms with Crippen molar-refractivity contribution in [1.29, 1.82) is 0 Å². The molecule has 2 heterocycles. The first kappa shape index (κ1) is 15.3. The third-order valence-electron chi connectivity index (χ3n) is 3.84. The van der Waals surface area contributed by atoms with Gasteiger partial charge in [-0.05, 0) is 24.6 Å². The molecule has 0 unspecified atom stereocenters. The molecule has 1 N–H and O–H groups in total. The lowest BCUT2D eigenvalue weighted by molar-refractivity contribution is 0.0677. The van der Waals surface area contributed by atoms with E-state index in [-0.39, 0.29) is 11.9 Å². The summed E-state index contributed by atoms with van der Waals surface area (Å²) in [4.78, 5) is 14.3. The number of rotatable bonds is 4. The second-order valence-electron chi connectivity index (χ2n) is 5.17. The third-order valence-corrected chi connectivity index (χ3v) is 4.40. The van der Waals surface area contributed by atoms with E-state index in [0.717, 1.165) is 16.8 Å². The highest BCUT2D eigenvalue weighted by atomic mass is 35.5. The van der Waals surface area contributed by atoms with Crippen molar-refractivity contribution in [1.82, 2.24) is 15.1 Å². The molecule has 116 valence electrons. The summed E-state index contributed by atoms with van der Waals surface area (Å²) in [6.45, 7) is 2.81. The molecule has 1 aromatic heterocycles. The average molecular weight is 340 g/mol. The smallest absolute Gasteiger partial charge is 0.275 e. The standard InChI is InChI=1S/C15H15Cl2N3O2/c1-8-12-13(19-18-8)15(21)20(5-6-22-2)14(12)10-4-3-9(16)7-11(10)17/h3-4,7,14H,5-6H2,1-2H3,(H,18,19)/t14-/m0/s1. The maximum Gasteiger partial charge on any atom is 0.275 e. The van der Waals surface area contributed by atoms with Crippen molar-refractivity contribution in [2.45, 2.75) is 13.0 Å². The van der Waals surface area contributed by atoms with Crippen LogP contribution >= 0.6 is 23.2 Å². The number of hydrogen-bond acceptors (Lipinski definition) is 3. The van der Waals surface area contributed by atoms with Crippen molar-refractivity contribution in [2.24, 2.45) is 0 Å². The molecule has 0 saturated heterocycles. The highest BCUT2D eigenvalue weighted by Crippen LogP contribution is 2.42. The first-order valence-corrected chi connectivity index (χ1v) is 7.60. The summed E-state index contributed by atoms with van der Waals surface area (Å²) in [6.07, 6.45) is 0. The number of aromatic amines is 1. The van der Waals surface area contributed by atoms with E-state index in [9.17, 15) is 4.79 Å². The Kier molecular flexibility index (Phi) is 4.12. The van der Waals surface area contributed by atoms with Crippen LogP contribution < -0.4 is 0 Å². The maximum absolute atomic E-state index is 12.6. The highest BCUT2D eigenvalue weighted by Gasteiger charge is 2.41. The Bertz CT molecular complexity index is 730. The van der Waals surface area contributed by atoms with Gasteiger partial charge in [-0.3, -0.25) is 9.89 Å². The van der Waals surface area contributed by atoms with Crippen molar-refractivity contribution in [3.05, 3.63) is 50.8 Å². The van der Waals surface area contributed by atoms with Crippen LogP contribution in [-0.2, 0) is 4.74 Å². The van der Waals surface area contributed by atoms with Crippen LogP contribution in [0.1, 0.15) is 33.4 Å². The molecule has 5 nitrogen and oxygen atoms in total. The Morgan fingerprint density at radius 1 is 1.41 bits per heavy atom. The minimum Gasteiger partial charge on any atom is -0.383 e. The number of benzene rings is 1. The number of hydrogen-bond donors (Lipinski definition) is 1. The SMILES string of the molecule is COCCN1C(=O)c2n[nH]c(C)c2[C@@H]1c1ccc(Cl)cc1Cl. The van der Waals surface area contributed by atoms with Gasteiger partial charge < -0.3 is 9.64 Å². The summed E-state index contributed by atoms with van der Waals surface area (Å²) < 4.78 is 5.12. The van der Waals surface area contributed by atoms with E-state index >= 15 is 0 Å². The topological polar surface area (TPSA) is 58.2 Å². The lowest BCUT2D eigenvalue weighted by atomic mass is 9.99. The first-order chi connectivity index (χ1) is 10.5. The summed E-state index contributed by atoms with van der Waals surface area (Å²) in [5.41, 5.74) is 3.01. The average Bonchev–Trinajstić information content (AvgIpc) is 2.97. The van der Waals surface area contributed by atoms with Crippen LogP contribution in [0.15, 0.2) is 18.2 Å². The van der Waals surface area contributed by atoms with Crippen LogP contribution in [0.4, 0.5) is 0 Å². The third kappa shape index (κ3) is 2.39. The molecular formula is C15H15Cl2N3O2. The van der Waals surface area contributed by atoms with Crippen LogP contribution in [0.25, 0.3) is 0 Å². The van der Waals surface area contributed by atoms with Crippen LogP contribution in [0.2, 0.25) is 10.0 Å². The number of nitrogens with one attached hydrogen (secondary N) is 1. The molecule has 0 spiro atoms. The lowest BCUT2D eigenvalue weighted by Crippen LogP contribution is -2.32. The number of halogens is 2. The van der Waals surface area contributed by atoms with Crippen LogP contribution in [0.5, 0.6) is 0 Å². The first-order valence-electron chi connectivity index (χ1n) is 6.84. The Morgan fingerprint density at radius 2 is 2.18 bits per heavy atom. The van der Waals surface area contributed by atoms with Crippen molar-refractivity contribution >= 4 is 29.1 Å². The predicted molar refractivity (Wildman–Crippen MR) is 84.5 cm³/mol. The normalized spacial score (nSPS) is 17.2. The van der Waals surface area contributed by atoms with Gasteiger partial charge in [-0.25, -0.2) is 0 Å². The predicted octanol–water partition coefficient (Wildman–Crippen LogP) is 3.22. The van der Waals surface area contributed by atoms with Crippen LogP contribution in [-0.4, -0.2) is 41.3 Å². The largest absolute Gasteiger partial charge is 0.383 e.